The fraction of sp³-hybridized carbons (Fsp3) is 0.714. The minimum absolute atomic E-state index is 0.563. The summed E-state index contributed by atoms with van der Waals surface area (Å²) in [6, 6.07) is 2.06. The lowest BCUT2D eigenvalue weighted by atomic mass is 10.3. The summed E-state index contributed by atoms with van der Waals surface area (Å²) in [4.78, 5) is 2.35. The maximum atomic E-state index is 5.62. The van der Waals surface area contributed by atoms with Crippen molar-refractivity contribution in [2.75, 3.05) is 32.8 Å². The zero-order valence-corrected chi connectivity index (χ0v) is 11.9. The van der Waals surface area contributed by atoms with Gasteiger partial charge in [-0.2, -0.15) is 0 Å². The van der Waals surface area contributed by atoms with Crippen molar-refractivity contribution in [1.82, 2.24) is 10.2 Å². The summed E-state index contributed by atoms with van der Waals surface area (Å²) in [5.41, 5.74) is 1.18. The van der Waals surface area contributed by atoms with Crippen LogP contribution in [0.3, 0.4) is 0 Å². The summed E-state index contributed by atoms with van der Waals surface area (Å²) < 4.78 is 11.1. The van der Waals surface area contributed by atoms with Crippen molar-refractivity contribution in [2.45, 2.75) is 33.9 Å². The Morgan fingerprint density at radius 1 is 1.28 bits per heavy atom. The largest absolute Gasteiger partial charge is 0.467 e. The van der Waals surface area contributed by atoms with Gasteiger partial charge in [0.1, 0.15) is 12.4 Å². The van der Waals surface area contributed by atoms with Crippen LogP contribution in [0.4, 0.5) is 0 Å². The lowest BCUT2D eigenvalue weighted by molar-refractivity contribution is 0.0844. The van der Waals surface area contributed by atoms with Gasteiger partial charge in [-0.1, -0.05) is 20.8 Å². The first kappa shape index (κ1) is 15.2. The van der Waals surface area contributed by atoms with E-state index in [2.05, 4.69) is 37.1 Å². The summed E-state index contributed by atoms with van der Waals surface area (Å²) in [6.45, 7) is 12.7. The van der Waals surface area contributed by atoms with Crippen molar-refractivity contribution >= 4 is 0 Å². The SMILES string of the molecule is CCNCc1coc(COCCN(CC)CC)c1. The first-order valence-corrected chi connectivity index (χ1v) is 6.87. The molecule has 0 bridgehead atoms. The van der Waals surface area contributed by atoms with E-state index in [1.807, 2.05) is 0 Å². The molecule has 0 aliphatic rings. The van der Waals surface area contributed by atoms with Crippen molar-refractivity contribution in [3.8, 4) is 0 Å². The van der Waals surface area contributed by atoms with Crippen molar-refractivity contribution in [3.63, 3.8) is 0 Å². The second kappa shape index (κ2) is 9.14. The van der Waals surface area contributed by atoms with E-state index >= 15 is 0 Å². The monoisotopic (exact) mass is 254 g/mol. The molecular formula is C14H26N2O2. The fourth-order valence-corrected chi connectivity index (χ4v) is 1.77. The van der Waals surface area contributed by atoms with Gasteiger partial charge in [-0.05, 0) is 25.7 Å². The molecule has 1 aromatic heterocycles. The number of rotatable bonds is 10. The van der Waals surface area contributed by atoms with Gasteiger partial charge < -0.3 is 19.4 Å². The van der Waals surface area contributed by atoms with Crippen LogP contribution in [0.1, 0.15) is 32.1 Å². The average Bonchev–Trinajstić information content (AvgIpc) is 2.84. The van der Waals surface area contributed by atoms with E-state index in [-0.39, 0.29) is 0 Å². The molecule has 0 aliphatic carbocycles. The van der Waals surface area contributed by atoms with Gasteiger partial charge in [-0.3, -0.25) is 0 Å². The van der Waals surface area contributed by atoms with Crippen LogP contribution in [0.5, 0.6) is 0 Å². The molecule has 1 aromatic rings. The molecule has 4 heteroatoms. The normalized spacial score (nSPS) is 11.3. The lowest BCUT2D eigenvalue weighted by Gasteiger charge is -2.17. The van der Waals surface area contributed by atoms with Crippen LogP contribution in [0.25, 0.3) is 0 Å². The van der Waals surface area contributed by atoms with E-state index in [9.17, 15) is 0 Å². The molecule has 18 heavy (non-hydrogen) atoms. The van der Waals surface area contributed by atoms with Crippen molar-refractivity contribution in [1.29, 1.82) is 0 Å². The van der Waals surface area contributed by atoms with Crippen molar-refractivity contribution in [3.05, 3.63) is 23.7 Å². The van der Waals surface area contributed by atoms with E-state index < -0.39 is 0 Å². The Morgan fingerprint density at radius 3 is 2.72 bits per heavy atom. The molecule has 0 aliphatic heterocycles. The van der Waals surface area contributed by atoms with Gasteiger partial charge in [0.05, 0.1) is 12.9 Å². The standard InChI is InChI=1S/C14H26N2O2/c1-4-15-10-13-9-14(18-11-13)12-17-8-7-16(5-2)6-3/h9,11,15H,4-8,10,12H2,1-3H3. The first-order chi connectivity index (χ1) is 8.80. The molecular weight excluding hydrogens is 228 g/mol. The van der Waals surface area contributed by atoms with Crippen LogP contribution in [-0.2, 0) is 17.9 Å². The smallest absolute Gasteiger partial charge is 0.129 e. The molecule has 0 fully saturated rings. The van der Waals surface area contributed by atoms with E-state index in [0.717, 1.165) is 45.1 Å². The Hall–Kier alpha value is -0.840. The number of hydrogen-bond donors (Lipinski definition) is 1. The average molecular weight is 254 g/mol. The van der Waals surface area contributed by atoms with Crippen LogP contribution in [0, 0.1) is 0 Å². The molecule has 4 nitrogen and oxygen atoms in total. The molecule has 0 unspecified atom stereocenters. The Bertz CT molecular complexity index is 308. The fourth-order valence-electron chi connectivity index (χ4n) is 1.77. The van der Waals surface area contributed by atoms with Gasteiger partial charge in [-0.25, -0.2) is 0 Å². The van der Waals surface area contributed by atoms with Gasteiger partial charge in [0, 0.05) is 18.7 Å². The topological polar surface area (TPSA) is 37.6 Å². The first-order valence-electron chi connectivity index (χ1n) is 6.87. The molecule has 0 amide bonds. The number of ether oxygens (including phenoxy) is 1. The molecule has 0 saturated heterocycles. The van der Waals surface area contributed by atoms with Crippen LogP contribution in [-0.4, -0.2) is 37.7 Å². The molecule has 1 N–H and O–H groups in total. The molecule has 104 valence electrons. The van der Waals surface area contributed by atoms with Crippen LogP contribution in [0.15, 0.2) is 16.7 Å². The molecule has 0 aromatic carbocycles. The third-order valence-corrected chi connectivity index (χ3v) is 2.98. The highest BCUT2D eigenvalue weighted by molar-refractivity contribution is 5.11. The van der Waals surface area contributed by atoms with Gasteiger partial charge in [0.15, 0.2) is 0 Å². The van der Waals surface area contributed by atoms with Gasteiger partial charge in [0.2, 0.25) is 0 Å². The predicted molar refractivity (Wildman–Crippen MR) is 73.5 cm³/mol. The quantitative estimate of drug-likeness (QED) is 0.650. The Kier molecular flexibility index (Phi) is 7.73. The second-order valence-corrected chi connectivity index (χ2v) is 4.28. The van der Waals surface area contributed by atoms with Crippen LogP contribution < -0.4 is 5.32 Å². The van der Waals surface area contributed by atoms with Gasteiger partial charge >= 0.3 is 0 Å². The van der Waals surface area contributed by atoms with Crippen LogP contribution >= 0.6 is 0 Å². The minimum Gasteiger partial charge on any atom is -0.467 e. The highest BCUT2D eigenvalue weighted by Crippen LogP contribution is 2.08. The Balaban J connectivity index is 2.17. The third kappa shape index (κ3) is 5.67. The summed E-state index contributed by atoms with van der Waals surface area (Å²) in [5, 5.41) is 3.27. The molecule has 0 saturated carbocycles. The zero-order chi connectivity index (χ0) is 13.2. The number of hydrogen-bond acceptors (Lipinski definition) is 4. The number of nitrogens with zero attached hydrogens (tertiary/aromatic N) is 1. The van der Waals surface area contributed by atoms with E-state index in [1.165, 1.54) is 5.56 Å². The van der Waals surface area contributed by atoms with Gasteiger partial charge in [-0.15, -0.1) is 0 Å². The third-order valence-electron chi connectivity index (χ3n) is 2.98. The Morgan fingerprint density at radius 2 is 2.06 bits per heavy atom. The maximum Gasteiger partial charge on any atom is 0.129 e. The Labute approximate surface area is 110 Å². The predicted octanol–water partition coefficient (Wildman–Crippen LogP) is 2.25. The minimum atomic E-state index is 0.563. The van der Waals surface area contributed by atoms with Crippen molar-refractivity contribution < 1.29 is 9.15 Å². The zero-order valence-electron chi connectivity index (χ0n) is 11.9. The highest BCUT2D eigenvalue weighted by atomic mass is 16.5. The van der Waals surface area contributed by atoms with E-state index in [1.54, 1.807) is 6.26 Å². The lowest BCUT2D eigenvalue weighted by Crippen LogP contribution is -2.26. The van der Waals surface area contributed by atoms with E-state index in [0.29, 0.717) is 6.61 Å². The van der Waals surface area contributed by atoms with E-state index in [4.69, 9.17) is 9.15 Å². The highest BCUT2D eigenvalue weighted by Gasteiger charge is 2.03. The molecule has 1 heterocycles. The molecule has 0 atom stereocenters. The summed E-state index contributed by atoms with van der Waals surface area (Å²) in [6.07, 6.45) is 1.80. The molecule has 1 rings (SSSR count). The summed E-state index contributed by atoms with van der Waals surface area (Å²) in [5.74, 6) is 0.905. The molecule has 0 radical (unpaired) electrons. The van der Waals surface area contributed by atoms with Crippen LogP contribution in [0.2, 0.25) is 0 Å². The van der Waals surface area contributed by atoms with Crippen molar-refractivity contribution in [2.24, 2.45) is 0 Å². The maximum absolute atomic E-state index is 5.62. The molecule has 0 spiro atoms. The summed E-state index contributed by atoms with van der Waals surface area (Å²) >= 11 is 0. The van der Waals surface area contributed by atoms with Gasteiger partial charge in [0.25, 0.3) is 0 Å². The number of nitrogens with one attached hydrogen (secondary N) is 1. The summed E-state index contributed by atoms with van der Waals surface area (Å²) in [7, 11) is 0. The second-order valence-electron chi connectivity index (χ2n) is 4.28. The number of furan rings is 1. The number of likely N-dealkylation sites (N-methyl/N-ethyl adjacent to an activating group) is 1.